The number of nitrogens with zero attached hydrogens (tertiary/aromatic N) is 1. The molecule has 1 aromatic carbocycles. The van der Waals surface area contributed by atoms with Gasteiger partial charge in [-0.15, -0.1) is 0 Å². The van der Waals surface area contributed by atoms with Crippen LogP contribution in [-0.4, -0.2) is 0 Å². The maximum atomic E-state index is 6.50. The van der Waals surface area contributed by atoms with Gasteiger partial charge in [0.05, 0.1) is 0 Å². The molecule has 0 spiro atoms. The summed E-state index contributed by atoms with van der Waals surface area (Å²) in [5, 5.41) is 7.30. The van der Waals surface area contributed by atoms with Crippen LogP contribution in [0.3, 0.4) is 0 Å². The molecule has 0 fully saturated rings. The molecule has 0 saturated carbocycles. The molecule has 0 aliphatic carbocycles. The second-order valence-corrected chi connectivity index (χ2v) is 3.12. The first-order chi connectivity index (χ1) is 4.79. The average Bonchev–Trinajstić information content (AvgIpc) is 2.00. The minimum Gasteiger partial charge on any atom is -0.202 e. The molecule has 0 saturated heterocycles. The van der Waals surface area contributed by atoms with Crippen molar-refractivity contribution in [3.63, 3.8) is 0 Å². The van der Waals surface area contributed by atoms with Crippen molar-refractivity contribution < 1.29 is 0 Å². The van der Waals surface area contributed by atoms with Crippen LogP contribution in [0.25, 0.3) is 0 Å². The van der Waals surface area contributed by atoms with Crippen molar-refractivity contribution in [2.24, 2.45) is 0 Å². The third-order valence-corrected chi connectivity index (χ3v) is 1.77. The number of nitriles is 1. The molecular weight excluding hydrogens is 260 g/mol. The van der Waals surface area contributed by atoms with Crippen LogP contribution in [0.1, 0.15) is 0 Å². The Kier molecular flexibility index (Phi) is 5.36. The van der Waals surface area contributed by atoms with E-state index in [1.165, 1.54) is 3.57 Å². The molecule has 1 aromatic rings. The summed E-state index contributed by atoms with van der Waals surface area (Å²) in [7, 11) is 0. The van der Waals surface area contributed by atoms with E-state index in [0.717, 1.165) is 5.02 Å². The van der Waals surface area contributed by atoms with Gasteiger partial charge in [-0.3, -0.25) is 0 Å². The summed E-state index contributed by atoms with van der Waals surface area (Å²) in [4.78, 5) is 0. The third-order valence-electron chi connectivity index (χ3n) is 0.804. The Hall–Kier alpha value is -0.270. The van der Waals surface area contributed by atoms with Crippen molar-refractivity contribution in [2.75, 3.05) is 0 Å². The minimum absolute atomic E-state index is 0.797. The maximum Gasteiger partial charge on any atom is 0.0462 e. The van der Waals surface area contributed by atoms with E-state index in [-0.39, 0.29) is 0 Å². The molecule has 0 N–H and O–H groups in total. The van der Waals surface area contributed by atoms with Crippen LogP contribution in [-0.2, 0) is 0 Å². The van der Waals surface area contributed by atoms with Gasteiger partial charge >= 0.3 is 0 Å². The third kappa shape index (κ3) is 3.70. The molecule has 0 unspecified atom stereocenters. The quantitative estimate of drug-likeness (QED) is 0.661. The number of benzene rings is 1. The highest BCUT2D eigenvalue weighted by molar-refractivity contribution is 14.1. The molecule has 0 amide bonds. The van der Waals surface area contributed by atoms with Gasteiger partial charge in [-0.1, -0.05) is 11.6 Å². The van der Waals surface area contributed by atoms with E-state index < -0.39 is 0 Å². The highest BCUT2D eigenvalue weighted by atomic mass is 127. The van der Waals surface area contributed by atoms with Gasteiger partial charge in [0.1, 0.15) is 0 Å². The molecule has 0 atom stereocenters. The first kappa shape index (κ1) is 9.73. The Labute approximate surface area is 78.8 Å². The zero-order valence-corrected chi connectivity index (χ0v) is 8.00. The summed E-state index contributed by atoms with van der Waals surface area (Å²) in [6.07, 6.45) is 0. The fourth-order valence-electron chi connectivity index (χ4n) is 0.430. The lowest BCUT2D eigenvalue weighted by Crippen LogP contribution is -1.65. The number of rotatable bonds is 0. The minimum atomic E-state index is 0.797. The van der Waals surface area contributed by atoms with Gasteiger partial charge in [0.2, 0.25) is 0 Å². The van der Waals surface area contributed by atoms with Crippen molar-refractivity contribution in [2.45, 2.75) is 0 Å². The lowest BCUT2D eigenvalue weighted by molar-refractivity contribution is 1.58. The molecule has 0 aliphatic heterocycles. The summed E-state index contributed by atoms with van der Waals surface area (Å²) in [6, 6.07) is 7.71. The normalized spacial score (nSPS) is 7.60. The van der Waals surface area contributed by atoms with E-state index in [4.69, 9.17) is 16.9 Å². The largest absolute Gasteiger partial charge is 0.202 e. The SMILES string of the molecule is C#N.Clc1ccc(I)cc1. The van der Waals surface area contributed by atoms with Crippen molar-refractivity contribution in [3.05, 3.63) is 32.9 Å². The zero-order chi connectivity index (χ0) is 7.98. The Balaban J connectivity index is 0.000000371. The fraction of sp³-hybridized carbons (Fsp3) is 0. The van der Waals surface area contributed by atoms with Crippen LogP contribution in [0.5, 0.6) is 0 Å². The fourth-order valence-corrected chi connectivity index (χ4v) is 0.915. The Morgan fingerprint density at radius 3 is 1.90 bits per heavy atom. The molecule has 52 valence electrons. The van der Waals surface area contributed by atoms with E-state index >= 15 is 0 Å². The van der Waals surface area contributed by atoms with Gasteiger partial charge in [-0.2, -0.15) is 0 Å². The summed E-state index contributed by atoms with van der Waals surface area (Å²) in [5.41, 5.74) is 0. The van der Waals surface area contributed by atoms with E-state index in [1.807, 2.05) is 24.3 Å². The average molecular weight is 265 g/mol. The molecule has 0 aliphatic rings. The van der Waals surface area contributed by atoms with Crippen molar-refractivity contribution >= 4 is 34.2 Å². The molecule has 1 rings (SSSR count). The summed E-state index contributed by atoms with van der Waals surface area (Å²) in [5.74, 6) is 0. The zero-order valence-electron chi connectivity index (χ0n) is 5.09. The predicted molar refractivity (Wildman–Crippen MR) is 50.8 cm³/mol. The summed E-state index contributed by atoms with van der Waals surface area (Å²) in [6.45, 7) is 3.50. The molecule has 0 heterocycles. The predicted octanol–water partition coefficient (Wildman–Crippen LogP) is 3.08. The van der Waals surface area contributed by atoms with Gasteiger partial charge in [0.15, 0.2) is 0 Å². The van der Waals surface area contributed by atoms with E-state index in [9.17, 15) is 0 Å². The van der Waals surface area contributed by atoms with Gasteiger partial charge in [-0.25, -0.2) is 5.26 Å². The lowest BCUT2D eigenvalue weighted by Gasteiger charge is -1.86. The monoisotopic (exact) mass is 265 g/mol. The van der Waals surface area contributed by atoms with Crippen molar-refractivity contribution in [1.29, 1.82) is 5.26 Å². The highest BCUT2D eigenvalue weighted by Crippen LogP contribution is 2.10. The Morgan fingerprint density at radius 2 is 1.60 bits per heavy atom. The van der Waals surface area contributed by atoms with Crippen molar-refractivity contribution in [1.82, 2.24) is 0 Å². The van der Waals surface area contributed by atoms with Crippen LogP contribution in [0.15, 0.2) is 24.3 Å². The van der Waals surface area contributed by atoms with E-state index in [1.54, 1.807) is 0 Å². The van der Waals surface area contributed by atoms with Crippen molar-refractivity contribution in [3.8, 4) is 6.57 Å². The molecule has 1 nitrogen and oxygen atoms in total. The second kappa shape index (κ2) is 5.51. The smallest absolute Gasteiger partial charge is 0.0462 e. The maximum absolute atomic E-state index is 6.50. The Morgan fingerprint density at radius 1 is 1.20 bits per heavy atom. The van der Waals surface area contributed by atoms with E-state index in [0.29, 0.717) is 0 Å². The molecular formula is C7H5ClIN. The van der Waals surface area contributed by atoms with Crippen LogP contribution in [0.4, 0.5) is 0 Å². The second-order valence-electron chi connectivity index (χ2n) is 1.44. The number of hydrogen-bond donors (Lipinski definition) is 0. The first-order valence-electron chi connectivity index (χ1n) is 2.46. The summed E-state index contributed by atoms with van der Waals surface area (Å²) < 4.78 is 1.21. The molecule has 3 heteroatoms. The highest BCUT2D eigenvalue weighted by Gasteiger charge is 1.83. The van der Waals surface area contributed by atoms with Crippen LogP contribution >= 0.6 is 34.2 Å². The standard InChI is InChI=1S/C6H4ClI.CHN/c7-5-1-3-6(8)4-2-5;1-2/h1-4H;1H. The van der Waals surface area contributed by atoms with Gasteiger partial charge in [0, 0.05) is 15.2 Å². The number of halogens is 2. The molecule has 0 radical (unpaired) electrons. The number of hydrogen-bond acceptors (Lipinski definition) is 1. The van der Waals surface area contributed by atoms with Gasteiger partial charge in [-0.05, 0) is 46.9 Å². The Bertz CT molecular complexity index is 184. The topological polar surface area (TPSA) is 23.8 Å². The van der Waals surface area contributed by atoms with Gasteiger partial charge in [0.25, 0.3) is 0 Å². The molecule has 10 heavy (non-hydrogen) atoms. The van der Waals surface area contributed by atoms with E-state index in [2.05, 4.69) is 29.2 Å². The summed E-state index contributed by atoms with van der Waals surface area (Å²) >= 11 is 7.85. The van der Waals surface area contributed by atoms with Crippen LogP contribution in [0.2, 0.25) is 5.02 Å². The van der Waals surface area contributed by atoms with Crippen LogP contribution in [0, 0.1) is 15.4 Å². The van der Waals surface area contributed by atoms with Gasteiger partial charge < -0.3 is 0 Å². The lowest BCUT2D eigenvalue weighted by atomic mass is 10.4. The molecule has 0 bridgehead atoms. The van der Waals surface area contributed by atoms with Crippen LogP contribution < -0.4 is 0 Å². The first-order valence-corrected chi connectivity index (χ1v) is 3.91. The molecule has 0 aromatic heterocycles.